The Morgan fingerprint density at radius 2 is 1.86 bits per heavy atom. The Kier molecular flexibility index (Phi) is 10.1. The van der Waals surface area contributed by atoms with Gasteiger partial charge in [0, 0.05) is 32.2 Å². The molecule has 0 spiro atoms. The van der Waals surface area contributed by atoms with Crippen LogP contribution in [0.1, 0.15) is 67.7 Å². The minimum Gasteiger partial charge on any atom is -0.444 e. The Bertz CT molecular complexity index is 498. The fourth-order valence-electron chi connectivity index (χ4n) is 3.31. The highest BCUT2D eigenvalue weighted by Crippen LogP contribution is 2.20. The fourth-order valence-corrected chi connectivity index (χ4v) is 3.31. The zero-order valence-electron chi connectivity index (χ0n) is 19.1. The van der Waals surface area contributed by atoms with Gasteiger partial charge in [-0.25, -0.2) is 4.79 Å². The summed E-state index contributed by atoms with van der Waals surface area (Å²) in [6, 6.07) is 0. The molecule has 1 aliphatic heterocycles. The van der Waals surface area contributed by atoms with E-state index in [-0.39, 0.29) is 6.09 Å². The van der Waals surface area contributed by atoms with Crippen LogP contribution in [-0.2, 0) is 9.47 Å². The Morgan fingerprint density at radius 3 is 2.39 bits per heavy atom. The molecular formula is C21H42N4O3. The highest BCUT2D eigenvalue weighted by molar-refractivity contribution is 5.80. The number of rotatable bonds is 9. The standard InChI is InChI=1S/C21H42N4O3/c1-8-21(9-2,24-19(26)28-20(5,6)7)16-23-18(22-10-3)25-13-12-17(14-25)15-27-11-4/h17H,8-16H2,1-7H3,(H,22,23)(H,24,26). The molecule has 1 atom stereocenters. The summed E-state index contributed by atoms with van der Waals surface area (Å²) >= 11 is 0. The zero-order chi connectivity index (χ0) is 21.2. The van der Waals surface area contributed by atoms with Crippen molar-refractivity contribution in [2.75, 3.05) is 39.4 Å². The van der Waals surface area contributed by atoms with E-state index in [0.29, 0.717) is 12.5 Å². The first-order valence-electron chi connectivity index (χ1n) is 10.8. The topological polar surface area (TPSA) is 75.2 Å². The zero-order valence-corrected chi connectivity index (χ0v) is 19.1. The molecule has 0 saturated carbocycles. The van der Waals surface area contributed by atoms with Crippen molar-refractivity contribution in [3.05, 3.63) is 0 Å². The van der Waals surface area contributed by atoms with Gasteiger partial charge in [0.25, 0.3) is 0 Å². The van der Waals surface area contributed by atoms with Crippen LogP contribution in [0.25, 0.3) is 0 Å². The van der Waals surface area contributed by atoms with E-state index in [1.54, 1.807) is 0 Å². The highest BCUT2D eigenvalue weighted by Gasteiger charge is 2.31. The lowest BCUT2D eigenvalue weighted by molar-refractivity contribution is 0.0451. The maximum atomic E-state index is 12.3. The van der Waals surface area contributed by atoms with Crippen LogP contribution in [0.4, 0.5) is 4.79 Å². The number of carbonyl (C=O) groups is 1. The van der Waals surface area contributed by atoms with Gasteiger partial charge in [-0.1, -0.05) is 13.8 Å². The van der Waals surface area contributed by atoms with Gasteiger partial charge < -0.3 is 25.0 Å². The lowest BCUT2D eigenvalue weighted by Gasteiger charge is -2.33. The Hall–Kier alpha value is -1.50. The van der Waals surface area contributed by atoms with Crippen LogP contribution in [0.3, 0.4) is 0 Å². The van der Waals surface area contributed by atoms with E-state index in [1.807, 2.05) is 27.7 Å². The molecule has 0 aliphatic carbocycles. The summed E-state index contributed by atoms with van der Waals surface area (Å²) in [4.78, 5) is 19.5. The summed E-state index contributed by atoms with van der Waals surface area (Å²) in [7, 11) is 0. The first-order valence-corrected chi connectivity index (χ1v) is 10.8. The van der Waals surface area contributed by atoms with Gasteiger partial charge in [-0.15, -0.1) is 0 Å². The second kappa shape index (κ2) is 11.5. The summed E-state index contributed by atoms with van der Waals surface area (Å²) in [5.41, 5.74) is -0.923. The van der Waals surface area contributed by atoms with Crippen molar-refractivity contribution in [3.8, 4) is 0 Å². The van der Waals surface area contributed by atoms with Gasteiger partial charge in [-0.2, -0.15) is 0 Å². The number of nitrogens with zero attached hydrogens (tertiary/aromatic N) is 2. The van der Waals surface area contributed by atoms with Gasteiger partial charge in [0.15, 0.2) is 5.96 Å². The summed E-state index contributed by atoms with van der Waals surface area (Å²) in [5, 5.41) is 6.48. The SMILES string of the molecule is CCNC(=NCC(CC)(CC)NC(=O)OC(C)(C)C)N1CCC(COCC)C1. The minimum absolute atomic E-state index is 0.380. The number of amides is 1. The average molecular weight is 399 g/mol. The monoisotopic (exact) mass is 398 g/mol. The average Bonchev–Trinajstić information content (AvgIpc) is 3.09. The smallest absolute Gasteiger partial charge is 0.408 e. The van der Waals surface area contributed by atoms with Crippen molar-refractivity contribution in [3.63, 3.8) is 0 Å². The predicted molar refractivity (Wildman–Crippen MR) is 115 cm³/mol. The van der Waals surface area contributed by atoms with E-state index < -0.39 is 11.1 Å². The third-order valence-corrected chi connectivity index (χ3v) is 5.13. The van der Waals surface area contributed by atoms with Crippen LogP contribution < -0.4 is 10.6 Å². The van der Waals surface area contributed by atoms with E-state index in [0.717, 1.165) is 58.1 Å². The maximum absolute atomic E-state index is 12.3. The van der Waals surface area contributed by atoms with E-state index in [9.17, 15) is 4.79 Å². The van der Waals surface area contributed by atoms with Crippen LogP contribution in [0.5, 0.6) is 0 Å². The number of nitrogens with one attached hydrogen (secondary N) is 2. The predicted octanol–water partition coefficient (Wildman–Crippen LogP) is 3.39. The number of alkyl carbamates (subject to hydrolysis) is 1. The lowest BCUT2D eigenvalue weighted by atomic mass is 9.93. The molecule has 1 heterocycles. The van der Waals surface area contributed by atoms with Gasteiger partial charge in [0.05, 0.1) is 18.7 Å². The Morgan fingerprint density at radius 1 is 1.18 bits per heavy atom. The lowest BCUT2D eigenvalue weighted by Crippen LogP contribution is -2.52. The number of hydrogen-bond donors (Lipinski definition) is 2. The van der Waals surface area contributed by atoms with Gasteiger partial charge >= 0.3 is 6.09 Å². The van der Waals surface area contributed by atoms with E-state index in [4.69, 9.17) is 14.5 Å². The van der Waals surface area contributed by atoms with Crippen LogP contribution in [0.15, 0.2) is 4.99 Å². The number of guanidine groups is 1. The molecule has 1 fully saturated rings. The fraction of sp³-hybridized carbons (Fsp3) is 0.905. The molecule has 1 aliphatic rings. The molecule has 0 radical (unpaired) electrons. The molecule has 1 saturated heterocycles. The van der Waals surface area contributed by atoms with Crippen molar-refractivity contribution in [2.24, 2.45) is 10.9 Å². The van der Waals surface area contributed by atoms with Crippen LogP contribution in [-0.4, -0.2) is 67.5 Å². The Labute approximate surface area is 171 Å². The number of aliphatic imine (C=N–C) groups is 1. The number of likely N-dealkylation sites (tertiary alicyclic amines) is 1. The highest BCUT2D eigenvalue weighted by atomic mass is 16.6. The molecule has 0 aromatic heterocycles. The third-order valence-electron chi connectivity index (χ3n) is 5.13. The number of ether oxygens (including phenoxy) is 2. The van der Waals surface area contributed by atoms with E-state index in [2.05, 4.69) is 36.3 Å². The molecule has 7 nitrogen and oxygen atoms in total. The van der Waals surface area contributed by atoms with Gasteiger partial charge in [0.1, 0.15) is 5.60 Å². The molecule has 1 amide bonds. The summed E-state index contributed by atoms with van der Waals surface area (Å²) < 4.78 is 11.1. The van der Waals surface area contributed by atoms with Crippen molar-refractivity contribution in [2.45, 2.75) is 78.9 Å². The van der Waals surface area contributed by atoms with Gasteiger partial charge in [-0.05, 0) is 53.9 Å². The summed E-state index contributed by atoms with van der Waals surface area (Å²) in [6.45, 7) is 18.7. The molecule has 1 unspecified atom stereocenters. The quantitative estimate of drug-likeness (QED) is 0.460. The largest absolute Gasteiger partial charge is 0.444 e. The molecule has 0 bridgehead atoms. The summed E-state index contributed by atoms with van der Waals surface area (Å²) in [6.07, 6.45) is 2.32. The number of carbonyl (C=O) groups excluding carboxylic acids is 1. The molecule has 2 N–H and O–H groups in total. The van der Waals surface area contributed by atoms with Crippen LogP contribution >= 0.6 is 0 Å². The molecule has 7 heteroatoms. The van der Waals surface area contributed by atoms with Crippen molar-refractivity contribution < 1.29 is 14.3 Å². The molecule has 164 valence electrons. The number of hydrogen-bond acceptors (Lipinski definition) is 4. The molecule has 1 rings (SSSR count). The molecule has 0 aromatic rings. The van der Waals surface area contributed by atoms with Gasteiger partial charge in [0.2, 0.25) is 0 Å². The normalized spacial score (nSPS) is 18.3. The van der Waals surface area contributed by atoms with Crippen molar-refractivity contribution in [1.82, 2.24) is 15.5 Å². The first-order chi connectivity index (χ1) is 13.2. The van der Waals surface area contributed by atoms with Crippen LogP contribution in [0, 0.1) is 5.92 Å². The minimum atomic E-state index is -0.513. The summed E-state index contributed by atoms with van der Waals surface area (Å²) in [5.74, 6) is 1.46. The third kappa shape index (κ3) is 8.25. The van der Waals surface area contributed by atoms with Crippen molar-refractivity contribution in [1.29, 1.82) is 0 Å². The van der Waals surface area contributed by atoms with Crippen molar-refractivity contribution >= 4 is 12.1 Å². The first kappa shape index (κ1) is 24.5. The van der Waals surface area contributed by atoms with E-state index in [1.165, 1.54) is 0 Å². The molecule has 0 aromatic carbocycles. The van der Waals surface area contributed by atoms with E-state index >= 15 is 0 Å². The maximum Gasteiger partial charge on any atom is 0.408 e. The van der Waals surface area contributed by atoms with Crippen LogP contribution in [0.2, 0.25) is 0 Å². The Balaban J connectivity index is 2.81. The second-order valence-corrected chi connectivity index (χ2v) is 8.54. The van der Waals surface area contributed by atoms with Gasteiger partial charge in [-0.3, -0.25) is 4.99 Å². The molecular weight excluding hydrogens is 356 g/mol. The molecule has 28 heavy (non-hydrogen) atoms. The second-order valence-electron chi connectivity index (χ2n) is 8.54.